The summed E-state index contributed by atoms with van der Waals surface area (Å²) >= 11 is 0. The van der Waals surface area contributed by atoms with Gasteiger partial charge in [-0.15, -0.1) is 0 Å². The van der Waals surface area contributed by atoms with Gasteiger partial charge in [0.05, 0.1) is 0 Å². The number of rotatable bonds is 5. The number of hydrogen-bond acceptors (Lipinski definition) is 3. The first-order valence-corrected chi connectivity index (χ1v) is 6.39. The Balaban J connectivity index is 1.94. The van der Waals surface area contributed by atoms with Crippen molar-refractivity contribution in [3.63, 3.8) is 0 Å². The lowest BCUT2D eigenvalue weighted by molar-refractivity contribution is -0.122. The minimum absolute atomic E-state index is 0.0126. The second kappa shape index (κ2) is 6.33. The molecule has 2 N–H and O–H groups in total. The van der Waals surface area contributed by atoms with E-state index in [2.05, 4.69) is 10.6 Å². The number of nitrogens with one attached hydrogen (secondary N) is 2. The number of benzene rings is 1. The van der Waals surface area contributed by atoms with Crippen LogP contribution in [-0.2, 0) is 14.3 Å². The van der Waals surface area contributed by atoms with Crippen LogP contribution in [0.5, 0.6) is 0 Å². The first-order chi connectivity index (χ1) is 9.19. The van der Waals surface area contributed by atoms with Gasteiger partial charge in [0, 0.05) is 24.4 Å². The molecule has 0 unspecified atom stereocenters. The van der Waals surface area contributed by atoms with Crippen molar-refractivity contribution in [2.24, 2.45) is 5.92 Å². The smallest absolute Gasteiger partial charge is 0.250 e. The Bertz CT molecular complexity index is 470. The number of carbonyl (C=O) groups is 2. The molecule has 19 heavy (non-hydrogen) atoms. The fraction of sp³-hybridized carbons (Fsp3) is 0.429. The van der Waals surface area contributed by atoms with Crippen LogP contribution >= 0.6 is 0 Å². The molecule has 102 valence electrons. The van der Waals surface area contributed by atoms with Gasteiger partial charge < -0.3 is 15.4 Å². The Morgan fingerprint density at radius 2 is 1.95 bits per heavy atom. The van der Waals surface area contributed by atoms with Gasteiger partial charge in [-0.25, -0.2) is 0 Å². The molecule has 1 aliphatic rings. The van der Waals surface area contributed by atoms with Crippen molar-refractivity contribution in [2.75, 3.05) is 24.4 Å². The molecule has 5 heteroatoms. The largest absolute Gasteiger partial charge is 0.375 e. The van der Waals surface area contributed by atoms with E-state index >= 15 is 0 Å². The van der Waals surface area contributed by atoms with Crippen LogP contribution in [0.3, 0.4) is 0 Å². The van der Waals surface area contributed by atoms with E-state index in [-0.39, 0.29) is 24.3 Å². The average molecular weight is 262 g/mol. The van der Waals surface area contributed by atoms with Crippen LogP contribution in [0.4, 0.5) is 11.4 Å². The molecule has 0 spiro atoms. The monoisotopic (exact) mass is 262 g/mol. The first-order valence-electron chi connectivity index (χ1n) is 6.39. The molecule has 0 bridgehead atoms. The van der Waals surface area contributed by atoms with E-state index in [4.69, 9.17) is 4.74 Å². The number of methoxy groups -OCH3 is 1. The molecule has 1 fully saturated rings. The maximum Gasteiger partial charge on any atom is 0.250 e. The highest BCUT2D eigenvalue weighted by Gasteiger charge is 2.25. The van der Waals surface area contributed by atoms with Crippen molar-refractivity contribution in [1.82, 2.24) is 0 Å². The van der Waals surface area contributed by atoms with Gasteiger partial charge in [-0.05, 0) is 31.0 Å². The number of ether oxygens (including phenoxy) is 1. The minimum Gasteiger partial charge on any atom is -0.375 e. The predicted octanol–water partition coefficient (Wildman–Crippen LogP) is 2.01. The average Bonchev–Trinajstić information content (AvgIpc) is 2.26. The highest BCUT2D eigenvalue weighted by molar-refractivity contribution is 5.95. The van der Waals surface area contributed by atoms with Gasteiger partial charge in [-0.1, -0.05) is 12.5 Å². The fourth-order valence-electron chi connectivity index (χ4n) is 1.92. The fourth-order valence-corrected chi connectivity index (χ4v) is 1.92. The Hall–Kier alpha value is -1.88. The second-order valence-electron chi connectivity index (χ2n) is 4.68. The van der Waals surface area contributed by atoms with Crippen molar-refractivity contribution in [1.29, 1.82) is 0 Å². The van der Waals surface area contributed by atoms with Crippen molar-refractivity contribution in [3.8, 4) is 0 Å². The molecule has 1 saturated carbocycles. The first kappa shape index (κ1) is 13.5. The van der Waals surface area contributed by atoms with Crippen LogP contribution in [0, 0.1) is 5.92 Å². The summed E-state index contributed by atoms with van der Waals surface area (Å²) in [6.07, 6.45) is 3.07. The van der Waals surface area contributed by atoms with Gasteiger partial charge in [-0.3, -0.25) is 9.59 Å². The minimum atomic E-state index is -0.218. The van der Waals surface area contributed by atoms with E-state index in [1.54, 1.807) is 18.2 Å². The summed E-state index contributed by atoms with van der Waals surface area (Å²) in [7, 11) is 1.47. The number of anilines is 2. The number of hydrogen-bond donors (Lipinski definition) is 2. The maximum atomic E-state index is 11.8. The molecule has 0 aromatic heterocycles. The zero-order chi connectivity index (χ0) is 13.7. The van der Waals surface area contributed by atoms with Crippen LogP contribution in [0.25, 0.3) is 0 Å². The molecule has 1 aromatic carbocycles. The van der Waals surface area contributed by atoms with Gasteiger partial charge in [0.15, 0.2) is 0 Å². The van der Waals surface area contributed by atoms with E-state index in [0.29, 0.717) is 11.4 Å². The Morgan fingerprint density at radius 1 is 1.26 bits per heavy atom. The summed E-state index contributed by atoms with van der Waals surface area (Å²) in [5.74, 6) is -0.0108. The molecule has 0 saturated heterocycles. The molecule has 2 amide bonds. The highest BCUT2D eigenvalue weighted by Crippen LogP contribution is 2.27. The Kier molecular flexibility index (Phi) is 4.52. The molecular weight excluding hydrogens is 244 g/mol. The maximum absolute atomic E-state index is 11.8. The predicted molar refractivity (Wildman–Crippen MR) is 72.9 cm³/mol. The Labute approximate surface area is 112 Å². The summed E-state index contributed by atoms with van der Waals surface area (Å²) in [5, 5.41) is 5.57. The third-order valence-corrected chi connectivity index (χ3v) is 3.17. The summed E-state index contributed by atoms with van der Waals surface area (Å²) in [6, 6.07) is 7.11. The molecule has 2 rings (SSSR count). The van der Waals surface area contributed by atoms with E-state index < -0.39 is 0 Å². The topological polar surface area (TPSA) is 67.4 Å². The summed E-state index contributed by atoms with van der Waals surface area (Å²) in [5.41, 5.74) is 1.35. The molecule has 0 atom stereocenters. The lowest BCUT2D eigenvalue weighted by atomic mass is 9.85. The van der Waals surface area contributed by atoms with Crippen LogP contribution in [-0.4, -0.2) is 25.5 Å². The normalized spacial score (nSPS) is 14.6. The lowest BCUT2D eigenvalue weighted by Crippen LogP contribution is -2.28. The molecular formula is C14H18N2O3. The quantitative estimate of drug-likeness (QED) is 0.853. The second-order valence-corrected chi connectivity index (χ2v) is 4.68. The van der Waals surface area contributed by atoms with Crippen molar-refractivity contribution >= 4 is 23.2 Å². The third kappa shape index (κ3) is 3.79. The van der Waals surface area contributed by atoms with E-state index in [9.17, 15) is 9.59 Å². The molecule has 1 aromatic rings. The standard InChI is InChI=1S/C14H18N2O3/c1-19-9-13(17)15-11-6-3-7-12(8-11)16-14(18)10-4-2-5-10/h3,6-8,10H,2,4-5,9H2,1H3,(H,15,17)(H,16,18). The highest BCUT2D eigenvalue weighted by atomic mass is 16.5. The van der Waals surface area contributed by atoms with Crippen molar-refractivity contribution in [2.45, 2.75) is 19.3 Å². The molecule has 0 radical (unpaired) electrons. The van der Waals surface area contributed by atoms with Crippen molar-refractivity contribution in [3.05, 3.63) is 24.3 Å². The Morgan fingerprint density at radius 3 is 2.53 bits per heavy atom. The van der Waals surface area contributed by atoms with Gasteiger partial charge >= 0.3 is 0 Å². The van der Waals surface area contributed by atoms with Gasteiger partial charge in [0.2, 0.25) is 11.8 Å². The van der Waals surface area contributed by atoms with Crippen molar-refractivity contribution < 1.29 is 14.3 Å². The van der Waals surface area contributed by atoms with E-state index in [0.717, 1.165) is 19.3 Å². The third-order valence-electron chi connectivity index (χ3n) is 3.17. The van der Waals surface area contributed by atoms with Gasteiger partial charge in [-0.2, -0.15) is 0 Å². The zero-order valence-electron chi connectivity index (χ0n) is 10.9. The van der Waals surface area contributed by atoms with Crippen LogP contribution in [0.2, 0.25) is 0 Å². The molecule has 0 heterocycles. The van der Waals surface area contributed by atoms with Crippen LogP contribution < -0.4 is 10.6 Å². The van der Waals surface area contributed by atoms with E-state index in [1.165, 1.54) is 7.11 Å². The molecule has 0 aliphatic heterocycles. The lowest BCUT2D eigenvalue weighted by Gasteiger charge is -2.24. The molecule has 5 nitrogen and oxygen atoms in total. The SMILES string of the molecule is COCC(=O)Nc1cccc(NC(=O)C2CCC2)c1. The number of carbonyl (C=O) groups excluding carboxylic acids is 2. The molecule has 1 aliphatic carbocycles. The van der Waals surface area contributed by atoms with Crippen LogP contribution in [0.15, 0.2) is 24.3 Å². The summed E-state index contributed by atoms with van der Waals surface area (Å²) in [4.78, 5) is 23.2. The van der Waals surface area contributed by atoms with Gasteiger partial charge in [0.25, 0.3) is 0 Å². The summed E-state index contributed by atoms with van der Waals surface area (Å²) < 4.78 is 4.74. The summed E-state index contributed by atoms with van der Waals surface area (Å²) in [6.45, 7) is 0.0126. The van der Waals surface area contributed by atoms with Gasteiger partial charge in [0.1, 0.15) is 6.61 Å². The number of amides is 2. The van der Waals surface area contributed by atoms with Crippen LogP contribution in [0.1, 0.15) is 19.3 Å². The zero-order valence-corrected chi connectivity index (χ0v) is 10.9. The van der Waals surface area contributed by atoms with E-state index in [1.807, 2.05) is 6.07 Å².